The number of primary amides is 1. The van der Waals surface area contributed by atoms with Crippen LogP contribution in [0.2, 0.25) is 0 Å². The molecule has 0 aromatic heterocycles. The van der Waals surface area contributed by atoms with Crippen molar-refractivity contribution in [3.8, 4) is 0 Å². The lowest BCUT2D eigenvalue weighted by molar-refractivity contribution is -0.134. The maximum Gasteiger partial charge on any atom is 0.248 e. The van der Waals surface area contributed by atoms with E-state index in [1.165, 1.54) is 0 Å². The van der Waals surface area contributed by atoms with Crippen molar-refractivity contribution < 1.29 is 14.4 Å². The largest absolute Gasteiger partial charge is 0.366 e. The molecule has 1 heterocycles. The van der Waals surface area contributed by atoms with Crippen LogP contribution < -0.4 is 16.4 Å². The molecule has 100 valence electrons. The molecule has 19 heavy (non-hydrogen) atoms. The van der Waals surface area contributed by atoms with Gasteiger partial charge in [-0.3, -0.25) is 19.7 Å². The molecule has 1 aliphatic rings. The fraction of sp³-hybridized carbons (Fsp3) is 0.308. The van der Waals surface area contributed by atoms with E-state index >= 15 is 0 Å². The van der Waals surface area contributed by atoms with Gasteiger partial charge in [-0.1, -0.05) is 12.1 Å². The van der Waals surface area contributed by atoms with Crippen LogP contribution in [0.5, 0.6) is 0 Å². The molecule has 2 rings (SSSR count). The lowest BCUT2D eigenvalue weighted by atomic mass is 10.1. The number of amides is 3. The molecule has 3 amide bonds. The molecule has 1 aromatic carbocycles. The first kappa shape index (κ1) is 13.2. The highest BCUT2D eigenvalue weighted by atomic mass is 16.2. The summed E-state index contributed by atoms with van der Waals surface area (Å²) >= 11 is 0. The highest BCUT2D eigenvalue weighted by molar-refractivity contribution is 6.00. The minimum Gasteiger partial charge on any atom is -0.366 e. The number of hydrogen-bond acceptors (Lipinski definition) is 4. The van der Waals surface area contributed by atoms with Crippen molar-refractivity contribution in [3.05, 3.63) is 35.4 Å². The first-order valence-electron chi connectivity index (χ1n) is 6.02. The monoisotopic (exact) mass is 261 g/mol. The molecule has 1 fully saturated rings. The average Bonchev–Trinajstić information content (AvgIpc) is 2.38. The Balaban J connectivity index is 1.90. The van der Waals surface area contributed by atoms with Crippen LogP contribution >= 0.6 is 0 Å². The molecule has 0 aliphatic carbocycles. The van der Waals surface area contributed by atoms with Crippen LogP contribution in [0, 0.1) is 0 Å². The summed E-state index contributed by atoms with van der Waals surface area (Å²) in [5.41, 5.74) is 6.53. The van der Waals surface area contributed by atoms with E-state index in [4.69, 9.17) is 5.73 Å². The predicted molar refractivity (Wildman–Crippen MR) is 68.0 cm³/mol. The van der Waals surface area contributed by atoms with Crippen molar-refractivity contribution in [2.24, 2.45) is 5.73 Å². The Morgan fingerprint density at radius 2 is 2.00 bits per heavy atom. The molecule has 6 heteroatoms. The van der Waals surface area contributed by atoms with Gasteiger partial charge in [0.05, 0.1) is 6.04 Å². The van der Waals surface area contributed by atoms with E-state index in [0.717, 1.165) is 5.56 Å². The highest BCUT2D eigenvalue weighted by Gasteiger charge is 2.25. The van der Waals surface area contributed by atoms with Crippen LogP contribution in [0.25, 0.3) is 0 Å². The quantitative estimate of drug-likeness (QED) is 0.646. The Morgan fingerprint density at radius 1 is 1.32 bits per heavy atom. The second-order valence-electron chi connectivity index (χ2n) is 4.45. The van der Waals surface area contributed by atoms with Gasteiger partial charge in [-0.2, -0.15) is 0 Å². The summed E-state index contributed by atoms with van der Waals surface area (Å²) in [6.07, 6.45) is 0.855. The fourth-order valence-corrected chi connectivity index (χ4v) is 1.92. The van der Waals surface area contributed by atoms with E-state index in [-0.39, 0.29) is 17.9 Å². The van der Waals surface area contributed by atoms with Crippen LogP contribution in [-0.2, 0) is 16.1 Å². The molecule has 1 unspecified atom stereocenters. The third-order valence-electron chi connectivity index (χ3n) is 3.03. The second kappa shape index (κ2) is 5.62. The van der Waals surface area contributed by atoms with Gasteiger partial charge >= 0.3 is 0 Å². The predicted octanol–water partition coefficient (Wildman–Crippen LogP) is -0.320. The zero-order valence-corrected chi connectivity index (χ0v) is 10.3. The normalized spacial score (nSPS) is 19.1. The average molecular weight is 261 g/mol. The first-order chi connectivity index (χ1) is 9.06. The standard InChI is InChI=1S/C13H15N3O3/c14-12(18)9-3-1-8(2-4-9)7-15-10-5-6-11(17)16-13(10)19/h1-4,10,15H,5-7H2,(H2,14,18)(H,16,17,19). The Bertz CT molecular complexity index is 510. The van der Waals surface area contributed by atoms with Gasteiger partial charge in [0.25, 0.3) is 0 Å². The fourth-order valence-electron chi connectivity index (χ4n) is 1.92. The SMILES string of the molecule is NC(=O)c1ccc(CNC2CCC(=O)NC2=O)cc1. The minimum absolute atomic E-state index is 0.228. The number of nitrogens with one attached hydrogen (secondary N) is 2. The molecule has 0 spiro atoms. The zero-order valence-electron chi connectivity index (χ0n) is 10.3. The first-order valence-corrected chi connectivity index (χ1v) is 6.02. The van der Waals surface area contributed by atoms with Gasteiger partial charge in [-0.05, 0) is 24.1 Å². The summed E-state index contributed by atoms with van der Waals surface area (Å²) in [5, 5.41) is 5.36. The van der Waals surface area contributed by atoms with Crippen LogP contribution in [0.1, 0.15) is 28.8 Å². The third-order valence-corrected chi connectivity index (χ3v) is 3.03. The van der Waals surface area contributed by atoms with Gasteiger partial charge in [0.2, 0.25) is 17.7 Å². The molecule has 0 saturated carbocycles. The van der Waals surface area contributed by atoms with Crippen LogP contribution in [0.4, 0.5) is 0 Å². The number of nitrogens with two attached hydrogens (primary N) is 1. The van der Waals surface area contributed by atoms with E-state index < -0.39 is 5.91 Å². The minimum atomic E-state index is -0.468. The maximum absolute atomic E-state index is 11.5. The topological polar surface area (TPSA) is 101 Å². The maximum atomic E-state index is 11.5. The third kappa shape index (κ3) is 3.38. The molecule has 1 aromatic rings. The van der Waals surface area contributed by atoms with Gasteiger partial charge in [0.1, 0.15) is 0 Å². The summed E-state index contributed by atoms with van der Waals surface area (Å²) < 4.78 is 0. The van der Waals surface area contributed by atoms with Gasteiger partial charge in [-0.25, -0.2) is 0 Å². The summed E-state index contributed by atoms with van der Waals surface area (Å²) in [5.74, 6) is -0.983. The lowest BCUT2D eigenvalue weighted by Crippen LogP contribution is -2.50. The number of rotatable bonds is 4. The molecule has 0 bridgehead atoms. The van der Waals surface area contributed by atoms with Crippen molar-refractivity contribution in [2.45, 2.75) is 25.4 Å². The van der Waals surface area contributed by atoms with Crippen molar-refractivity contribution in [1.29, 1.82) is 0 Å². The molecule has 1 saturated heterocycles. The Hall–Kier alpha value is -2.21. The van der Waals surface area contributed by atoms with E-state index in [0.29, 0.717) is 24.9 Å². The molecular formula is C13H15N3O3. The van der Waals surface area contributed by atoms with Gasteiger partial charge in [0.15, 0.2) is 0 Å². The van der Waals surface area contributed by atoms with Gasteiger partial charge in [0, 0.05) is 18.5 Å². The second-order valence-corrected chi connectivity index (χ2v) is 4.45. The molecule has 1 atom stereocenters. The molecular weight excluding hydrogens is 246 g/mol. The Kier molecular flexibility index (Phi) is 3.91. The van der Waals surface area contributed by atoms with Gasteiger partial charge < -0.3 is 11.1 Å². The molecule has 4 N–H and O–H groups in total. The number of benzene rings is 1. The van der Waals surface area contributed by atoms with E-state index in [9.17, 15) is 14.4 Å². The molecule has 0 radical (unpaired) electrons. The summed E-state index contributed by atoms with van der Waals surface area (Å²) in [6, 6.07) is 6.49. The van der Waals surface area contributed by atoms with E-state index in [2.05, 4.69) is 10.6 Å². The van der Waals surface area contributed by atoms with E-state index in [1.54, 1.807) is 24.3 Å². The summed E-state index contributed by atoms with van der Waals surface area (Å²) in [7, 11) is 0. The molecule has 1 aliphatic heterocycles. The van der Waals surface area contributed by atoms with Crippen molar-refractivity contribution >= 4 is 17.7 Å². The number of carbonyl (C=O) groups excluding carboxylic acids is 3. The van der Waals surface area contributed by atoms with Crippen LogP contribution in [-0.4, -0.2) is 23.8 Å². The van der Waals surface area contributed by atoms with E-state index in [1.807, 2.05) is 0 Å². The number of hydrogen-bond donors (Lipinski definition) is 3. The highest BCUT2D eigenvalue weighted by Crippen LogP contribution is 2.07. The Labute approximate surface area is 110 Å². The lowest BCUT2D eigenvalue weighted by Gasteiger charge is -2.21. The number of carbonyl (C=O) groups is 3. The van der Waals surface area contributed by atoms with Crippen molar-refractivity contribution in [1.82, 2.24) is 10.6 Å². The smallest absolute Gasteiger partial charge is 0.248 e. The number of imide groups is 1. The number of piperidine rings is 1. The zero-order chi connectivity index (χ0) is 13.8. The summed E-state index contributed by atoms with van der Waals surface area (Å²) in [6.45, 7) is 0.491. The summed E-state index contributed by atoms with van der Waals surface area (Å²) in [4.78, 5) is 33.4. The van der Waals surface area contributed by atoms with Gasteiger partial charge in [-0.15, -0.1) is 0 Å². The Morgan fingerprint density at radius 3 is 2.58 bits per heavy atom. The van der Waals surface area contributed by atoms with Crippen LogP contribution in [0.3, 0.4) is 0 Å². The molecule has 6 nitrogen and oxygen atoms in total. The van der Waals surface area contributed by atoms with Crippen molar-refractivity contribution in [2.75, 3.05) is 0 Å². The van der Waals surface area contributed by atoms with Crippen LogP contribution in [0.15, 0.2) is 24.3 Å². The van der Waals surface area contributed by atoms with Crippen molar-refractivity contribution in [3.63, 3.8) is 0 Å².